The summed E-state index contributed by atoms with van der Waals surface area (Å²) in [6.45, 7) is 4.27. The summed E-state index contributed by atoms with van der Waals surface area (Å²) in [6.07, 6.45) is 2.72. The van der Waals surface area contributed by atoms with E-state index in [9.17, 15) is 9.59 Å². The fourth-order valence-electron chi connectivity index (χ4n) is 1.98. The molecule has 2 rings (SSSR count). The van der Waals surface area contributed by atoms with E-state index >= 15 is 0 Å². The first kappa shape index (κ1) is 16.0. The summed E-state index contributed by atoms with van der Waals surface area (Å²) in [4.78, 5) is 22.5. The number of hydrogen-bond donors (Lipinski definition) is 2. The second-order valence-corrected chi connectivity index (χ2v) is 5.16. The van der Waals surface area contributed by atoms with Gasteiger partial charge in [-0.05, 0) is 13.8 Å². The third kappa shape index (κ3) is 3.64. The second kappa shape index (κ2) is 6.61. The molecule has 0 atom stereocenters. The van der Waals surface area contributed by atoms with Crippen LogP contribution in [0.15, 0.2) is 12.4 Å². The molecule has 0 aromatic carbocycles. The maximum atomic E-state index is 11.9. The van der Waals surface area contributed by atoms with Gasteiger partial charge < -0.3 is 10.4 Å². The van der Waals surface area contributed by atoms with Crippen LogP contribution in [0, 0.1) is 13.8 Å². The van der Waals surface area contributed by atoms with Crippen molar-refractivity contribution in [3.8, 4) is 0 Å². The molecule has 22 heavy (non-hydrogen) atoms. The molecule has 0 spiro atoms. The number of carbonyl (C=O) groups is 2. The molecule has 0 bridgehead atoms. The summed E-state index contributed by atoms with van der Waals surface area (Å²) in [5.41, 5.74) is 1.91. The fraction of sp³-hybridized carbons (Fsp3) is 0.385. The minimum Gasteiger partial charge on any atom is -0.480 e. The lowest BCUT2D eigenvalue weighted by molar-refractivity contribution is -0.137. The van der Waals surface area contributed by atoms with Gasteiger partial charge >= 0.3 is 5.97 Å². The number of aromatic nitrogens is 4. The maximum absolute atomic E-state index is 11.9. The third-order valence-corrected chi connectivity index (χ3v) is 3.64. The molecule has 118 valence electrons. The summed E-state index contributed by atoms with van der Waals surface area (Å²) in [5.74, 6) is -1.33. The van der Waals surface area contributed by atoms with E-state index in [1.165, 1.54) is 17.1 Å². The van der Waals surface area contributed by atoms with Crippen molar-refractivity contribution in [3.63, 3.8) is 0 Å². The standard InChI is InChI=1S/C13H16ClN5O3/c1-8-12(14)9(2)19(17-8)4-3-15-13(22)10-5-16-18(6-10)7-11(20)21/h5-6H,3-4,7H2,1-2H3,(H,15,22)(H,20,21). The lowest BCUT2D eigenvalue weighted by Gasteiger charge is -2.05. The molecule has 0 aliphatic heterocycles. The molecule has 0 aliphatic carbocycles. The van der Waals surface area contributed by atoms with Gasteiger partial charge in [0.25, 0.3) is 5.91 Å². The highest BCUT2D eigenvalue weighted by atomic mass is 35.5. The van der Waals surface area contributed by atoms with Crippen LogP contribution in [0.25, 0.3) is 0 Å². The molecule has 2 aromatic heterocycles. The molecule has 0 unspecified atom stereocenters. The highest BCUT2D eigenvalue weighted by molar-refractivity contribution is 6.31. The Balaban J connectivity index is 1.88. The minimum atomic E-state index is -1.02. The van der Waals surface area contributed by atoms with Crippen molar-refractivity contribution in [1.82, 2.24) is 24.9 Å². The van der Waals surface area contributed by atoms with E-state index in [0.29, 0.717) is 23.7 Å². The summed E-state index contributed by atoms with van der Waals surface area (Å²) >= 11 is 6.05. The second-order valence-electron chi connectivity index (χ2n) is 4.78. The number of nitrogens with one attached hydrogen (secondary N) is 1. The van der Waals surface area contributed by atoms with E-state index in [1.807, 2.05) is 13.8 Å². The van der Waals surface area contributed by atoms with Crippen molar-refractivity contribution < 1.29 is 14.7 Å². The summed E-state index contributed by atoms with van der Waals surface area (Å²) < 4.78 is 2.92. The van der Waals surface area contributed by atoms with Crippen molar-refractivity contribution in [2.24, 2.45) is 0 Å². The van der Waals surface area contributed by atoms with Crippen LogP contribution >= 0.6 is 11.6 Å². The molecule has 2 heterocycles. The van der Waals surface area contributed by atoms with Gasteiger partial charge in [0.1, 0.15) is 6.54 Å². The highest BCUT2D eigenvalue weighted by Gasteiger charge is 2.11. The lowest BCUT2D eigenvalue weighted by atomic mass is 10.3. The number of rotatable bonds is 6. The number of aryl methyl sites for hydroxylation is 1. The molecule has 0 aliphatic rings. The van der Waals surface area contributed by atoms with E-state index in [-0.39, 0.29) is 12.5 Å². The van der Waals surface area contributed by atoms with Gasteiger partial charge in [0.2, 0.25) is 0 Å². The smallest absolute Gasteiger partial charge is 0.325 e. The number of carbonyl (C=O) groups excluding carboxylic acids is 1. The number of carboxylic acids is 1. The van der Waals surface area contributed by atoms with Gasteiger partial charge in [-0.2, -0.15) is 10.2 Å². The first-order valence-corrected chi connectivity index (χ1v) is 6.98. The van der Waals surface area contributed by atoms with Crippen LogP contribution in [0.2, 0.25) is 5.02 Å². The number of aliphatic carboxylic acids is 1. The first-order valence-electron chi connectivity index (χ1n) is 6.60. The highest BCUT2D eigenvalue weighted by Crippen LogP contribution is 2.18. The fourth-order valence-corrected chi connectivity index (χ4v) is 2.11. The molecule has 0 fully saturated rings. The van der Waals surface area contributed by atoms with E-state index in [0.717, 1.165) is 11.4 Å². The predicted octanol–water partition coefficient (Wildman–Crippen LogP) is 0.864. The Hall–Kier alpha value is -2.35. The minimum absolute atomic E-state index is 0.280. The Labute approximate surface area is 131 Å². The normalized spacial score (nSPS) is 10.7. The van der Waals surface area contributed by atoms with Gasteiger partial charge in [-0.1, -0.05) is 11.6 Å². The quantitative estimate of drug-likeness (QED) is 0.820. The zero-order valence-electron chi connectivity index (χ0n) is 12.2. The number of amides is 1. The molecule has 0 saturated heterocycles. The molecule has 1 amide bonds. The third-order valence-electron chi connectivity index (χ3n) is 3.10. The number of hydrogen-bond acceptors (Lipinski definition) is 4. The largest absolute Gasteiger partial charge is 0.480 e. The molecule has 2 N–H and O–H groups in total. The maximum Gasteiger partial charge on any atom is 0.325 e. The van der Waals surface area contributed by atoms with Crippen LogP contribution in [-0.2, 0) is 17.9 Å². The predicted molar refractivity (Wildman–Crippen MR) is 78.9 cm³/mol. The van der Waals surface area contributed by atoms with Gasteiger partial charge in [-0.15, -0.1) is 0 Å². The monoisotopic (exact) mass is 325 g/mol. The Bertz CT molecular complexity index is 707. The Morgan fingerprint density at radius 1 is 1.41 bits per heavy atom. The van der Waals surface area contributed by atoms with Crippen molar-refractivity contribution in [2.75, 3.05) is 6.54 Å². The average molecular weight is 326 g/mol. The molecule has 2 aromatic rings. The van der Waals surface area contributed by atoms with Crippen molar-refractivity contribution in [1.29, 1.82) is 0 Å². The Morgan fingerprint density at radius 3 is 2.73 bits per heavy atom. The van der Waals surface area contributed by atoms with Gasteiger partial charge in [-0.25, -0.2) is 0 Å². The average Bonchev–Trinajstić information content (AvgIpc) is 3.00. The van der Waals surface area contributed by atoms with Crippen LogP contribution in [0.5, 0.6) is 0 Å². The van der Waals surface area contributed by atoms with Gasteiger partial charge in [-0.3, -0.25) is 19.0 Å². The Morgan fingerprint density at radius 2 is 2.14 bits per heavy atom. The van der Waals surface area contributed by atoms with E-state index in [1.54, 1.807) is 4.68 Å². The van der Waals surface area contributed by atoms with Crippen LogP contribution in [-0.4, -0.2) is 43.1 Å². The summed E-state index contributed by atoms with van der Waals surface area (Å²) in [6, 6.07) is 0. The zero-order chi connectivity index (χ0) is 16.3. The number of carboxylic acid groups (broad SMARTS) is 1. The van der Waals surface area contributed by atoms with Gasteiger partial charge in [0.15, 0.2) is 0 Å². The zero-order valence-corrected chi connectivity index (χ0v) is 13.0. The van der Waals surface area contributed by atoms with Crippen molar-refractivity contribution in [3.05, 3.63) is 34.4 Å². The van der Waals surface area contributed by atoms with Gasteiger partial charge in [0.05, 0.1) is 34.7 Å². The van der Waals surface area contributed by atoms with Crippen LogP contribution in [0.3, 0.4) is 0 Å². The SMILES string of the molecule is Cc1nn(CCNC(=O)c2cnn(CC(=O)O)c2)c(C)c1Cl. The van der Waals surface area contributed by atoms with Crippen molar-refractivity contribution >= 4 is 23.5 Å². The lowest BCUT2D eigenvalue weighted by Crippen LogP contribution is -2.27. The molecule has 9 heteroatoms. The Kier molecular flexibility index (Phi) is 4.81. The molecule has 8 nitrogen and oxygen atoms in total. The van der Waals surface area contributed by atoms with Crippen molar-refractivity contribution in [2.45, 2.75) is 26.9 Å². The molecular formula is C13H16ClN5O3. The van der Waals surface area contributed by atoms with Gasteiger partial charge in [0, 0.05) is 12.7 Å². The van der Waals surface area contributed by atoms with E-state index < -0.39 is 5.97 Å². The van der Waals surface area contributed by atoms with E-state index in [4.69, 9.17) is 16.7 Å². The molecule has 0 radical (unpaired) electrons. The van der Waals surface area contributed by atoms with Crippen LogP contribution < -0.4 is 5.32 Å². The molecular weight excluding hydrogens is 310 g/mol. The van der Waals surface area contributed by atoms with Crippen LogP contribution in [0.1, 0.15) is 21.7 Å². The number of halogens is 1. The van der Waals surface area contributed by atoms with E-state index in [2.05, 4.69) is 15.5 Å². The van der Waals surface area contributed by atoms with Crippen LogP contribution in [0.4, 0.5) is 0 Å². The summed E-state index contributed by atoms with van der Waals surface area (Å²) in [7, 11) is 0. The topological polar surface area (TPSA) is 102 Å². The summed E-state index contributed by atoms with van der Waals surface area (Å²) in [5, 5.41) is 20.1. The molecule has 0 saturated carbocycles. The number of nitrogens with zero attached hydrogens (tertiary/aromatic N) is 4. The first-order chi connectivity index (χ1) is 10.4.